The number of hydrogen-bond acceptors (Lipinski definition) is 0. The third kappa shape index (κ3) is 9.74. The molecule has 0 saturated heterocycles. The molecule has 0 amide bonds. The average Bonchev–Trinajstić information content (AvgIpc) is 4.06. The molecule has 0 aliphatic rings. The van der Waals surface area contributed by atoms with E-state index in [9.17, 15) is 0 Å². The van der Waals surface area contributed by atoms with Crippen LogP contribution in [0.3, 0.4) is 0 Å². The highest BCUT2D eigenvalue weighted by molar-refractivity contribution is 6.10. The van der Waals surface area contributed by atoms with Gasteiger partial charge in [-0.15, -0.1) is 0 Å². The minimum atomic E-state index is 0.582. The lowest BCUT2D eigenvalue weighted by Crippen LogP contribution is -1.93. The van der Waals surface area contributed by atoms with Crippen molar-refractivity contribution in [1.29, 1.82) is 0 Å². The Kier molecular flexibility index (Phi) is 14.6. The second-order valence-electron chi connectivity index (χ2n) is 20.7. The molecular formula is C67H74N4. The zero-order valence-electron chi connectivity index (χ0n) is 44.2. The summed E-state index contributed by atoms with van der Waals surface area (Å²) in [7, 11) is 8.58. The van der Waals surface area contributed by atoms with E-state index in [1.54, 1.807) is 0 Å². The summed E-state index contributed by atoms with van der Waals surface area (Å²) in [5.74, 6) is 1.92. The van der Waals surface area contributed by atoms with Crippen molar-refractivity contribution in [3.8, 4) is 0 Å². The standard InChI is InChI=1S/3C17H19N.C16H17N/c1-12(2)10-13-8-9-17-15(11-13)14-6-4-5-7-16(14)18(17)3;1-4-12(2)13-9-10-17-15(11-13)14-7-5-6-8-16(14)18(17)3;1-3-4-7-13-10-11-17-15(12-13)14-8-5-6-9-16(14)18(17)2;1-11(2)12-8-9-16-14(10-12)13-6-4-5-7-15(13)17(16)3/h4-9,11-12H,10H2,1-3H3;5-12H,4H2,1-3H3;5-6,8-12H,3-4,7H2,1-2H3;4-11H,1-3H3. The summed E-state index contributed by atoms with van der Waals surface area (Å²) in [6.45, 7) is 15.8. The highest BCUT2D eigenvalue weighted by atomic mass is 14.9. The van der Waals surface area contributed by atoms with Crippen molar-refractivity contribution in [2.45, 2.75) is 92.4 Å². The molecule has 4 aromatic heterocycles. The van der Waals surface area contributed by atoms with Crippen LogP contribution in [0.25, 0.3) is 87.2 Å². The molecule has 0 aliphatic carbocycles. The first kappa shape index (κ1) is 49.0. The highest BCUT2D eigenvalue weighted by Crippen LogP contribution is 2.34. The Hall–Kier alpha value is -7.04. The van der Waals surface area contributed by atoms with Crippen LogP contribution >= 0.6 is 0 Å². The third-order valence-corrected chi connectivity index (χ3v) is 15.1. The van der Waals surface area contributed by atoms with E-state index in [2.05, 4.69) is 265 Å². The second kappa shape index (κ2) is 21.1. The number of rotatable bonds is 8. The predicted octanol–water partition coefficient (Wildman–Crippen LogP) is 18.5. The molecule has 0 N–H and O–H groups in total. The molecule has 0 bridgehead atoms. The van der Waals surface area contributed by atoms with Gasteiger partial charge in [-0.05, 0) is 138 Å². The van der Waals surface area contributed by atoms with Gasteiger partial charge in [-0.3, -0.25) is 0 Å². The van der Waals surface area contributed by atoms with E-state index < -0.39 is 0 Å². The first-order valence-corrected chi connectivity index (χ1v) is 26.2. The minimum Gasteiger partial charge on any atom is -0.344 e. The summed E-state index contributed by atoms with van der Waals surface area (Å²) < 4.78 is 9.12. The molecule has 362 valence electrons. The van der Waals surface area contributed by atoms with E-state index in [-0.39, 0.29) is 0 Å². The molecule has 1 unspecified atom stereocenters. The summed E-state index contributed by atoms with van der Waals surface area (Å²) in [4.78, 5) is 0. The number of fused-ring (bicyclic) bond motifs is 12. The van der Waals surface area contributed by atoms with Crippen molar-refractivity contribution in [2.75, 3.05) is 0 Å². The lowest BCUT2D eigenvalue weighted by molar-refractivity contribution is 0.648. The van der Waals surface area contributed by atoms with Gasteiger partial charge in [-0.1, -0.05) is 152 Å². The quantitative estimate of drug-likeness (QED) is 0.145. The van der Waals surface area contributed by atoms with Gasteiger partial charge in [0.2, 0.25) is 0 Å². The largest absolute Gasteiger partial charge is 0.344 e. The zero-order chi connectivity index (χ0) is 49.9. The van der Waals surface area contributed by atoms with Crippen molar-refractivity contribution in [1.82, 2.24) is 18.3 Å². The van der Waals surface area contributed by atoms with Crippen LogP contribution in [-0.4, -0.2) is 18.3 Å². The van der Waals surface area contributed by atoms with Crippen molar-refractivity contribution in [3.05, 3.63) is 192 Å². The topological polar surface area (TPSA) is 19.7 Å². The van der Waals surface area contributed by atoms with Crippen LogP contribution in [0.1, 0.15) is 102 Å². The highest BCUT2D eigenvalue weighted by Gasteiger charge is 2.13. The molecule has 0 aliphatic heterocycles. The van der Waals surface area contributed by atoms with Crippen LogP contribution < -0.4 is 0 Å². The smallest absolute Gasteiger partial charge is 0.0488 e. The fourth-order valence-corrected chi connectivity index (χ4v) is 10.8. The van der Waals surface area contributed by atoms with Crippen LogP contribution in [0.15, 0.2) is 170 Å². The Bertz CT molecular complexity index is 3790. The molecule has 8 aromatic carbocycles. The first-order chi connectivity index (χ1) is 34.4. The molecule has 0 spiro atoms. The number of aryl methyl sites for hydroxylation is 5. The summed E-state index contributed by atoms with van der Waals surface area (Å²) in [6, 6.07) is 62.1. The molecule has 4 heteroatoms. The minimum absolute atomic E-state index is 0.582. The molecule has 71 heavy (non-hydrogen) atoms. The van der Waals surface area contributed by atoms with E-state index in [1.165, 1.54) is 135 Å². The molecule has 0 saturated carbocycles. The molecule has 12 aromatic rings. The maximum Gasteiger partial charge on any atom is 0.0488 e. The van der Waals surface area contributed by atoms with Crippen LogP contribution in [0.2, 0.25) is 0 Å². The van der Waals surface area contributed by atoms with Crippen molar-refractivity contribution >= 4 is 87.2 Å². The summed E-state index contributed by atoms with van der Waals surface area (Å²) in [6.07, 6.45) is 6.06. The summed E-state index contributed by atoms with van der Waals surface area (Å²) >= 11 is 0. The molecule has 0 fully saturated rings. The number of hydrogen-bond donors (Lipinski definition) is 0. The molecule has 4 nitrogen and oxygen atoms in total. The van der Waals surface area contributed by atoms with Crippen LogP contribution in [0.5, 0.6) is 0 Å². The maximum absolute atomic E-state index is 2.37. The van der Waals surface area contributed by atoms with Gasteiger partial charge in [0.25, 0.3) is 0 Å². The first-order valence-electron chi connectivity index (χ1n) is 26.2. The number of para-hydroxylation sites is 4. The molecule has 1 atom stereocenters. The van der Waals surface area contributed by atoms with Crippen LogP contribution in [0, 0.1) is 5.92 Å². The molecule has 4 heterocycles. The SMILES string of the molecule is CC(C)Cc1ccc2c(c1)c1ccccc1n2C.CC(C)c1ccc2c(c1)c1ccccc1n2C.CCC(C)c1ccc2c(c1)c1ccccc1n2C.CCCCc1ccc2c(c1)c1ccccc1n2C. The molecule has 12 rings (SSSR count). The fraction of sp³-hybridized carbons (Fsp3) is 0.284. The lowest BCUT2D eigenvalue weighted by atomic mass is 9.97. The lowest BCUT2D eigenvalue weighted by Gasteiger charge is -2.09. The Morgan fingerprint density at radius 3 is 1.08 bits per heavy atom. The Morgan fingerprint density at radius 1 is 0.352 bits per heavy atom. The van der Waals surface area contributed by atoms with E-state index in [0.717, 1.165) is 6.42 Å². The van der Waals surface area contributed by atoms with E-state index >= 15 is 0 Å². The van der Waals surface area contributed by atoms with Gasteiger partial charge in [0, 0.05) is 115 Å². The zero-order valence-corrected chi connectivity index (χ0v) is 44.2. The number of nitrogens with zero attached hydrogens (tertiary/aromatic N) is 4. The monoisotopic (exact) mass is 935 g/mol. The fourth-order valence-electron chi connectivity index (χ4n) is 10.8. The van der Waals surface area contributed by atoms with Gasteiger partial charge in [-0.2, -0.15) is 0 Å². The van der Waals surface area contributed by atoms with E-state index in [0.29, 0.717) is 17.8 Å². The van der Waals surface area contributed by atoms with E-state index in [4.69, 9.17) is 0 Å². The van der Waals surface area contributed by atoms with Crippen molar-refractivity contribution in [3.63, 3.8) is 0 Å². The van der Waals surface area contributed by atoms with Crippen LogP contribution in [0.4, 0.5) is 0 Å². The van der Waals surface area contributed by atoms with Gasteiger partial charge in [0.15, 0.2) is 0 Å². The van der Waals surface area contributed by atoms with Gasteiger partial charge >= 0.3 is 0 Å². The summed E-state index contributed by atoms with van der Waals surface area (Å²) in [5.41, 5.74) is 16.3. The Labute approximate surface area is 422 Å². The van der Waals surface area contributed by atoms with Gasteiger partial charge in [0.1, 0.15) is 0 Å². The van der Waals surface area contributed by atoms with E-state index in [1.807, 2.05) is 0 Å². The Morgan fingerprint density at radius 2 is 0.690 bits per heavy atom. The number of unbranched alkanes of at least 4 members (excludes halogenated alkanes) is 1. The van der Waals surface area contributed by atoms with Gasteiger partial charge in [-0.25, -0.2) is 0 Å². The Balaban J connectivity index is 0.000000117. The third-order valence-electron chi connectivity index (χ3n) is 15.1. The average molecular weight is 935 g/mol. The maximum atomic E-state index is 2.37. The predicted molar refractivity (Wildman–Crippen MR) is 312 cm³/mol. The molecular weight excluding hydrogens is 861 g/mol. The summed E-state index contributed by atoms with van der Waals surface area (Å²) in [5, 5.41) is 11.0. The van der Waals surface area contributed by atoms with Crippen molar-refractivity contribution < 1.29 is 0 Å². The molecule has 0 radical (unpaired) electrons. The van der Waals surface area contributed by atoms with Gasteiger partial charge in [0.05, 0.1) is 0 Å². The van der Waals surface area contributed by atoms with Crippen LogP contribution in [-0.2, 0) is 41.0 Å². The number of aromatic nitrogens is 4. The normalized spacial score (nSPS) is 12.1. The van der Waals surface area contributed by atoms with Crippen molar-refractivity contribution in [2.24, 2.45) is 34.1 Å². The number of benzene rings is 8. The van der Waals surface area contributed by atoms with Gasteiger partial charge < -0.3 is 18.3 Å². The second-order valence-corrected chi connectivity index (χ2v) is 20.7.